The fourth-order valence-corrected chi connectivity index (χ4v) is 3.00. The third kappa shape index (κ3) is 3.29. The number of hydrogen-bond donors (Lipinski definition) is 0. The standard InChI is InChI=1S/C17H23NO2/c1-18-16-9-15(10-17(18)13-20-12-16)7-8-19-11-14-5-3-2-4-6-14/h2-6,9,16-17H,7-8,10-13H2,1H3. The van der Waals surface area contributed by atoms with Gasteiger partial charge in [0.25, 0.3) is 0 Å². The molecule has 1 fully saturated rings. The highest BCUT2D eigenvalue weighted by Gasteiger charge is 2.31. The molecule has 1 aromatic rings. The predicted molar refractivity (Wildman–Crippen MR) is 79.6 cm³/mol. The molecule has 0 amide bonds. The second-order valence-corrected chi connectivity index (χ2v) is 5.74. The molecule has 2 atom stereocenters. The first-order chi connectivity index (χ1) is 9.83. The Bertz CT molecular complexity index is 457. The second-order valence-electron chi connectivity index (χ2n) is 5.74. The van der Waals surface area contributed by atoms with E-state index in [9.17, 15) is 0 Å². The molecule has 0 N–H and O–H groups in total. The van der Waals surface area contributed by atoms with Crippen molar-refractivity contribution in [2.75, 3.05) is 26.9 Å². The first-order valence-electron chi connectivity index (χ1n) is 7.44. The van der Waals surface area contributed by atoms with Crippen LogP contribution in [-0.4, -0.2) is 43.9 Å². The van der Waals surface area contributed by atoms with Gasteiger partial charge >= 0.3 is 0 Å². The fourth-order valence-electron chi connectivity index (χ4n) is 3.00. The molecule has 2 unspecified atom stereocenters. The highest BCUT2D eigenvalue weighted by molar-refractivity contribution is 5.16. The van der Waals surface area contributed by atoms with Gasteiger partial charge in [-0.15, -0.1) is 0 Å². The molecule has 2 heterocycles. The van der Waals surface area contributed by atoms with E-state index in [1.807, 2.05) is 6.07 Å². The van der Waals surface area contributed by atoms with Crippen LogP contribution in [0.1, 0.15) is 18.4 Å². The number of nitrogens with zero attached hydrogens (tertiary/aromatic N) is 1. The normalized spacial score (nSPS) is 26.4. The van der Waals surface area contributed by atoms with Gasteiger partial charge in [-0.05, 0) is 25.5 Å². The molecule has 2 aliphatic heterocycles. The summed E-state index contributed by atoms with van der Waals surface area (Å²) in [5.74, 6) is 0. The Labute approximate surface area is 121 Å². The van der Waals surface area contributed by atoms with E-state index in [0.29, 0.717) is 18.7 Å². The molecule has 20 heavy (non-hydrogen) atoms. The number of morpholine rings is 1. The van der Waals surface area contributed by atoms with E-state index in [1.165, 1.54) is 11.1 Å². The van der Waals surface area contributed by atoms with E-state index in [4.69, 9.17) is 9.47 Å². The average molecular weight is 273 g/mol. The molecule has 0 aliphatic carbocycles. The Morgan fingerprint density at radius 1 is 1.25 bits per heavy atom. The Morgan fingerprint density at radius 3 is 2.90 bits per heavy atom. The lowest BCUT2D eigenvalue weighted by atomic mass is 9.93. The summed E-state index contributed by atoms with van der Waals surface area (Å²) in [6.45, 7) is 3.23. The zero-order valence-electron chi connectivity index (χ0n) is 12.1. The van der Waals surface area contributed by atoms with Gasteiger partial charge in [0.15, 0.2) is 0 Å². The lowest BCUT2D eigenvalue weighted by Gasteiger charge is -2.42. The van der Waals surface area contributed by atoms with Crippen molar-refractivity contribution in [1.29, 1.82) is 0 Å². The first-order valence-corrected chi connectivity index (χ1v) is 7.44. The topological polar surface area (TPSA) is 21.7 Å². The molecule has 108 valence electrons. The monoisotopic (exact) mass is 273 g/mol. The van der Waals surface area contributed by atoms with Gasteiger partial charge < -0.3 is 9.47 Å². The van der Waals surface area contributed by atoms with Crippen molar-refractivity contribution in [3.8, 4) is 0 Å². The Kier molecular flexibility index (Phi) is 4.51. The molecule has 0 radical (unpaired) electrons. The quantitative estimate of drug-likeness (QED) is 0.608. The van der Waals surface area contributed by atoms with Gasteiger partial charge in [0.2, 0.25) is 0 Å². The number of likely N-dealkylation sites (N-methyl/N-ethyl adjacent to an activating group) is 1. The van der Waals surface area contributed by atoms with Crippen molar-refractivity contribution in [1.82, 2.24) is 4.90 Å². The minimum atomic E-state index is 0.464. The maximum Gasteiger partial charge on any atom is 0.0717 e. The Balaban J connectivity index is 1.45. The van der Waals surface area contributed by atoms with E-state index in [1.54, 1.807) is 0 Å². The number of hydrogen-bond acceptors (Lipinski definition) is 3. The molecule has 3 nitrogen and oxygen atoms in total. The van der Waals surface area contributed by atoms with Crippen molar-refractivity contribution in [2.45, 2.75) is 31.5 Å². The van der Waals surface area contributed by atoms with E-state index in [2.05, 4.69) is 42.3 Å². The summed E-state index contributed by atoms with van der Waals surface area (Å²) in [6.07, 6.45) is 4.55. The average Bonchev–Trinajstić information content (AvgIpc) is 2.45. The molecule has 0 aromatic heterocycles. The van der Waals surface area contributed by atoms with Crippen LogP contribution in [-0.2, 0) is 16.1 Å². The fraction of sp³-hybridized carbons (Fsp3) is 0.529. The minimum Gasteiger partial charge on any atom is -0.378 e. The number of ether oxygens (including phenoxy) is 2. The van der Waals surface area contributed by atoms with Gasteiger partial charge in [-0.2, -0.15) is 0 Å². The van der Waals surface area contributed by atoms with Crippen LogP contribution in [0.15, 0.2) is 42.0 Å². The maximum atomic E-state index is 5.79. The van der Waals surface area contributed by atoms with Crippen molar-refractivity contribution in [3.05, 3.63) is 47.5 Å². The zero-order chi connectivity index (χ0) is 13.8. The van der Waals surface area contributed by atoms with Gasteiger partial charge in [0.1, 0.15) is 0 Å². The first kappa shape index (κ1) is 13.8. The van der Waals surface area contributed by atoms with Crippen LogP contribution in [0.3, 0.4) is 0 Å². The Morgan fingerprint density at radius 2 is 2.10 bits per heavy atom. The largest absolute Gasteiger partial charge is 0.378 e. The van der Waals surface area contributed by atoms with Crippen LogP contribution in [0.5, 0.6) is 0 Å². The van der Waals surface area contributed by atoms with E-state index >= 15 is 0 Å². The van der Waals surface area contributed by atoms with Crippen LogP contribution >= 0.6 is 0 Å². The van der Waals surface area contributed by atoms with Crippen LogP contribution in [0.25, 0.3) is 0 Å². The third-order valence-electron chi connectivity index (χ3n) is 4.30. The Hall–Kier alpha value is -1.16. The van der Waals surface area contributed by atoms with Crippen molar-refractivity contribution in [3.63, 3.8) is 0 Å². The van der Waals surface area contributed by atoms with Crippen LogP contribution < -0.4 is 0 Å². The third-order valence-corrected chi connectivity index (χ3v) is 4.30. The highest BCUT2D eigenvalue weighted by atomic mass is 16.5. The molecular weight excluding hydrogens is 250 g/mol. The van der Waals surface area contributed by atoms with Crippen molar-refractivity contribution in [2.24, 2.45) is 0 Å². The summed E-state index contributed by atoms with van der Waals surface area (Å²) < 4.78 is 11.4. The summed E-state index contributed by atoms with van der Waals surface area (Å²) in [6, 6.07) is 11.4. The summed E-state index contributed by atoms with van der Waals surface area (Å²) in [7, 11) is 2.21. The lowest BCUT2D eigenvalue weighted by Crippen LogP contribution is -2.51. The molecule has 1 aromatic carbocycles. The molecule has 2 bridgehead atoms. The maximum absolute atomic E-state index is 5.79. The van der Waals surface area contributed by atoms with Gasteiger partial charge in [-0.25, -0.2) is 0 Å². The summed E-state index contributed by atoms with van der Waals surface area (Å²) in [4.78, 5) is 2.44. The SMILES string of the molecule is CN1C2C=C(CCOCc3ccccc3)CC1COC2. The van der Waals surface area contributed by atoms with Gasteiger partial charge in [-0.3, -0.25) is 4.90 Å². The van der Waals surface area contributed by atoms with Crippen molar-refractivity contribution >= 4 is 0 Å². The van der Waals surface area contributed by atoms with E-state index in [-0.39, 0.29) is 0 Å². The molecule has 3 heteroatoms. The second kappa shape index (κ2) is 6.53. The van der Waals surface area contributed by atoms with E-state index < -0.39 is 0 Å². The van der Waals surface area contributed by atoms with Crippen molar-refractivity contribution < 1.29 is 9.47 Å². The number of fused-ring (bicyclic) bond motifs is 2. The van der Waals surface area contributed by atoms with Crippen LogP contribution in [0.2, 0.25) is 0 Å². The molecule has 0 saturated carbocycles. The summed E-state index contributed by atoms with van der Waals surface area (Å²) in [5, 5.41) is 0. The molecular formula is C17H23NO2. The van der Waals surface area contributed by atoms with Crippen LogP contribution in [0.4, 0.5) is 0 Å². The van der Waals surface area contributed by atoms with Gasteiger partial charge in [0, 0.05) is 6.04 Å². The van der Waals surface area contributed by atoms with Gasteiger partial charge in [0.05, 0.1) is 32.5 Å². The highest BCUT2D eigenvalue weighted by Crippen LogP contribution is 2.27. The summed E-state index contributed by atoms with van der Waals surface area (Å²) >= 11 is 0. The van der Waals surface area contributed by atoms with E-state index in [0.717, 1.165) is 32.7 Å². The molecule has 3 rings (SSSR count). The van der Waals surface area contributed by atoms with Crippen LogP contribution in [0, 0.1) is 0 Å². The predicted octanol–water partition coefficient (Wildman–Crippen LogP) is 2.62. The van der Waals surface area contributed by atoms with Gasteiger partial charge in [-0.1, -0.05) is 42.0 Å². The lowest BCUT2D eigenvalue weighted by molar-refractivity contribution is -0.0267. The zero-order valence-corrected chi connectivity index (χ0v) is 12.1. The molecule has 2 aliphatic rings. The molecule has 0 spiro atoms. The molecule has 1 saturated heterocycles. The smallest absolute Gasteiger partial charge is 0.0717 e. The summed E-state index contributed by atoms with van der Waals surface area (Å²) in [5.41, 5.74) is 2.78. The minimum absolute atomic E-state index is 0.464. The number of benzene rings is 1. The number of rotatable bonds is 5.